The Balaban J connectivity index is 1.39. The van der Waals surface area contributed by atoms with E-state index in [1.54, 1.807) is 11.3 Å². The molecule has 2 aromatic carbocycles. The molecule has 1 N–H and O–H groups in total. The van der Waals surface area contributed by atoms with E-state index < -0.39 is 0 Å². The summed E-state index contributed by atoms with van der Waals surface area (Å²) in [7, 11) is 0. The molecule has 5 heteroatoms. The lowest BCUT2D eigenvalue weighted by Crippen LogP contribution is -2.03. The summed E-state index contributed by atoms with van der Waals surface area (Å²) in [5, 5.41) is 8.80. The van der Waals surface area contributed by atoms with Crippen LogP contribution < -0.4 is 5.32 Å². The van der Waals surface area contributed by atoms with E-state index in [0.717, 1.165) is 29.3 Å². The van der Waals surface area contributed by atoms with Gasteiger partial charge < -0.3 is 5.32 Å². The average molecular weight is 320 g/mol. The summed E-state index contributed by atoms with van der Waals surface area (Å²) < 4.78 is 3.12. The fraction of sp³-hybridized carbons (Fsp3) is 0.111. The van der Waals surface area contributed by atoms with Gasteiger partial charge in [0.25, 0.3) is 0 Å². The number of hydrogen-bond donors (Lipinski definition) is 1. The van der Waals surface area contributed by atoms with Crippen molar-refractivity contribution in [3.8, 4) is 5.69 Å². The Morgan fingerprint density at radius 3 is 2.70 bits per heavy atom. The third-order valence-corrected chi connectivity index (χ3v) is 4.63. The molecule has 0 spiro atoms. The monoisotopic (exact) mass is 320 g/mol. The SMILES string of the molecule is c1ccc(-n2cc(CCNc3nc4ccccc4s3)cn2)cc1. The van der Waals surface area contributed by atoms with Crippen LogP contribution >= 0.6 is 11.3 Å². The predicted molar refractivity (Wildman–Crippen MR) is 95.4 cm³/mol. The number of hydrogen-bond acceptors (Lipinski definition) is 4. The van der Waals surface area contributed by atoms with Crippen LogP contribution in [0, 0.1) is 0 Å². The van der Waals surface area contributed by atoms with Gasteiger partial charge in [0.05, 0.1) is 22.1 Å². The van der Waals surface area contributed by atoms with Crippen LogP contribution in [-0.4, -0.2) is 21.3 Å². The van der Waals surface area contributed by atoms with Gasteiger partial charge in [-0.25, -0.2) is 9.67 Å². The second kappa shape index (κ2) is 6.22. The Labute approximate surface area is 138 Å². The molecule has 0 atom stereocenters. The van der Waals surface area contributed by atoms with Gasteiger partial charge in [0.1, 0.15) is 0 Å². The van der Waals surface area contributed by atoms with Gasteiger partial charge in [0, 0.05) is 12.7 Å². The van der Waals surface area contributed by atoms with Gasteiger partial charge >= 0.3 is 0 Å². The number of thiazole rings is 1. The minimum Gasteiger partial charge on any atom is -0.361 e. The van der Waals surface area contributed by atoms with E-state index >= 15 is 0 Å². The van der Waals surface area contributed by atoms with Crippen molar-refractivity contribution in [2.45, 2.75) is 6.42 Å². The molecule has 2 heterocycles. The van der Waals surface area contributed by atoms with Gasteiger partial charge in [0.2, 0.25) is 0 Å². The molecule has 4 nitrogen and oxygen atoms in total. The molecule has 0 saturated carbocycles. The summed E-state index contributed by atoms with van der Waals surface area (Å²) in [6, 6.07) is 18.4. The minimum absolute atomic E-state index is 0.848. The highest BCUT2D eigenvalue weighted by Gasteiger charge is 2.04. The average Bonchev–Trinajstić information content (AvgIpc) is 3.22. The molecular formula is C18H16N4S. The summed E-state index contributed by atoms with van der Waals surface area (Å²) in [6.45, 7) is 0.848. The highest BCUT2D eigenvalue weighted by atomic mass is 32.1. The first-order chi connectivity index (χ1) is 11.4. The van der Waals surface area contributed by atoms with Crippen molar-refractivity contribution in [1.82, 2.24) is 14.8 Å². The maximum absolute atomic E-state index is 4.58. The normalized spacial score (nSPS) is 11.0. The van der Waals surface area contributed by atoms with Crippen LogP contribution in [0.4, 0.5) is 5.13 Å². The Morgan fingerprint density at radius 2 is 1.83 bits per heavy atom. The van der Waals surface area contributed by atoms with Gasteiger partial charge in [0.15, 0.2) is 5.13 Å². The quantitative estimate of drug-likeness (QED) is 0.601. The van der Waals surface area contributed by atoms with Crippen molar-refractivity contribution in [3.05, 3.63) is 72.6 Å². The topological polar surface area (TPSA) is 42.7 Å². The molecule has 0 bridgehead atoms. The molecule has 0 aliphatic rings. The molecule has 0 amide bonds. The number of rotatable bonds is 5. The molecule has 114 valence electrons. The number of benzene rings is 2. The Hall–Kier alpha value is -2.66. The van der Waals surface area contributed by atoms with Crippen LogP contribution in [0.3, 0.4) is 0 Å². The molecule has 0 aliphatic carbocycles. The Bertz CT molecular complexity index is 878. The van der Waals surface area contributed by atoms with Crippen LogP contribution in [0.2, 0.25) is 0 Å². The molecular weight excluding hydrogens is 304 g/mol. The lowest BCUT2D eigenvalue weighted by atomic mass is 10.2. The van der Waals surface area contributed by atoms with E-state index in [4.69, 9.17) is 0 Å². The standard InChI is InChI=1S/C18H16N4S/c1-2-6-15(7-3-1)22-13-14(12-20-22)10-11-19-18-21-16-8-4-5-9-17(16)23-18/h1-9,12-13H,10-11H2,(H,19,21). The third kappa shape index (κ3) is 3.10. The third-order valence-electron chi connectivity index (χ3n) is 3.64. The van der Waals surface area contributed by atoms with Crippen molar-refractivity contribution < 1.29 is 0 Å². The maximum atomic E-state index is 4.58. The van der Waals surface area contributed by atoms with E-state index in [1.807, 2.05) is 47.3 Å². The van der Waals surface area contributed by atoms with Gasteiger partial charge in [-0.05, 0) is 36.2 Å². The van der Waals surface area contributed by atoms with Crippen molar-refractivity contribution in [3.63, 3.8) is 0 Å². The summed E-state index contributed by atoms with van der Waals surface area (Å²) >= 11 is 1.69. The zero-order chi connectivity index (χ0) is 15.5. The van der Waals surface area contributed by atoms with Gasteiger partial charge in [-0.15, -0.1) is 0 Å². The number of aromatic nitrogens is 3. The van der Waals surface area contributed by atoms with Gasteiger partial charge in [-0.2, -0.15) is 5.10 Å². The lowest BCUT2D eigenvalue weighted by molar-refractivity contribution is 0.879. The van der Waals surface area contributed by atoms with Crippen LogP contribution in [-0.2, 0) is 6.42 Å². The predicted octanol–water partition coefficient (Wildman–Crippen LogP) is 4.14. The Morgan fingerprint density at radius 1 is 1.00 bits per heavy atom. The second-order valence-corrected chi connectivity index (χ2v) is 6.32. The molecule has 2 aromatic heterocycles. The first-order valence-electron chi connectivity index (χ1n) is 7.57. The van der Waals surface area contributed by atoms with Gasteiger partial charge in [-0.3, -0.25) is 0 Å². The number of nitrogens with one attached hydrogen (secondary N) is 1. The molecule has 4 aromatic rings. The summed E-state index contributed by atoms with van der Waals surface area (Å²) in [6.07, 6.45) is 4.92. The first-order valence-corrected chi connectivity index (χ1v) is 8.38. The Kier molecular flexibility index (Phi) is 3.78. The number of fused-ring (bicyclic) bond motifs is 1. The van der Waals surface area contributed by atoms with Crippen molar-refractivity contribution in [1.29, 1.82) is 0 Å². The number of anilines is 1. The minimum atomic E-state index is 0.848. The largest absolute Gasteiger partial charge is 0.361 e. The van der Waals surface area contributed by atoms with Crippen LogP contribution in [0.25, 0.3) is 15.9 Å². The first kappa shape index (κ1) is 14.0. The van der Waals surface area contributed by atoms with Gasteiger partial charge in [-0.1, -0.05) is 41.7 Å². The number of para-hydroxylation sites is 2. The molecule has 0 fully saturated rings. The van der Waals surface area contributed by atoms with Crippen LogP contribution in [0.1, 0.15) is 5.56 Å². The van der Waals surface area contributed by atoms with E-state index in [0.29, 0.717) is 0 Å². The smallest absolute Gasteiger partial charge is 0.183 e. The molecule has 0 unspecified atom stereocenters. The molecule has 0 radical (unpaired) electrons. The zero-order valence-electron chi connectivity index (χ0n) is 12.5. The lowest BCUT2D eigenvalue weighted by Gasteiger charge is -2.01. The highest BCUT2D eigenvalue weighted by Crippen LogP contribution is 2.25. The molecule has 0 saturated heterocycles. The highest BCUT2D eigenvalue weighted by molar-refractivity contribution is 7.22. The van der Waals surface area contributed by atoms with E-state index in [1.165, 1.54) is 10.3 Å². The summed E-state index contributed by atoms with van der Waals surface area (Å²) in [5.41, 5.74) is 3.34. The van der Waals surface area contributed by atoms with Crippen molar-refractivity contribution in [2.24, 2.45) is 0 Å². The fourth-order valence-electron chi connectivity index (χ4n) is 2.47. The summed E-state index contributed by atoms with van der Waals surface area (Å²) in [5.74, 6) is 0. The molecule has 4 rings (SSSR count). The second-order valence-electron chi connectivity index (χ2n) is 5.29. The molecule has 0 aliphatic heterocycles. The van der Waals surface area contributed by atoms with E-state index in [-0.39, 0.29) is 0 Å². The maximum Gasteiger partial charge on any atom is 0.183 e. The van der Waals surface area contributed by atoms with E-state index in [2.05, 4.69) is 39.8 Å². The molecule has 23 heavy (non-hydrogen) atoms. The van der Waals surface area contributed by atoms with Crippen molar-refractivity contribution in [2.75, 3.05) is 11.9 Å². The summed E-state index contributed by atoms with van der Waals surface area (Å²) in [4.78, 5) is 4.58. The fourth-order valence-corrected chi connectivity index (χ4v) is 3.36. The zero-order valence-corrected chi connectivity index (χ0v) is 13.3. The van der Waals surface area contributed by atoms with Crippen LogP contribution in [0.15, 0.2) is 67.0 Å². The van der Waals surface area contributed by atoms with Crippen molar-refractivity contribution >= 4 is 26.7 Å². The van der Waals surface area contributed by atoms with Crippen LogP contribution in [0.5, 0.6) is 0 Å². The number of nitrogens with zero attached hydrogens (tertiary/aromatic N) is 3. The van der Waals surface area contributed by atoms with E-state index in [9.17, 15) is 0 Å².